The number of carbonyl (C=O) groups excluding carboxylic acids is 1. The number of benzene rings is 1. The van der Waals surface area contributed by atoms with Crippen LogP contribution in [0.4, 0.5) is 8.78 Å². The Morgan fingerprint density at radius 1 is 1.22 bits per heavy atom. The molecule has 1 aliphatic rings. The van der Waals surface area contributed by atoms with E-state index in [2.05, 4.69) is 4.74 Å². The summed E-state index contributed by atoms with van der Waals surface area (Å²) >= 11 is 0. The van der Waals surface area contributed by atoms with E-state index in [0.717, 1.165) is 4.90 Å². The normalized spacial score (nSPS) is 16.4. The van der Waals surface area contributed by atoms with Crippen molar-refractivity contribution in [2.45, 2.75) is 6.11 Å². The fourth-order valence-corrected chi connectivity index (χ4v) is 1.63. The standard InChI is InChI=1S/C12H13F2NO3/c13-12(14,18-10-4-2-1-3-5-10)11(16)15-6-8-17-9-7-15/h1-5H,6-9H2. The number of halogens is 2. The SMILES string of the molecule is O=C(N1CCOCC1)C(F)(F)Oc1ccccc1. The molecule has 0 bridgehead atoms. The molecular weight excluding hydrogens is 244 g/mol. The fraction of sp³-hybridized carbons (Fsp3) is 0.417. The number of hydrogen-bond acceptors (Lipinski definition) is 3. The predicted molar refractivity (Wildman–Crippen MR) is 59.4 cm³/mol. The number of ether oxygens (including phenoxy) is 2. The molecule has 18 heavy (non-hydrogen) atoms. The number of nitrogens with zero attached hydrogens (tertiary/aromatic N) is 1. The summed E-state index contributed by atoms with van der Waals surface area (Å²) < 4.78 is 36.7. The maximum absolute atomic E-state index is 13.6. The minimum atomic E-state index is -3.85. The van der Waals surface area contributed by atoms with Gasteiger partial charge in [-0.3, -0.25) is 4.79 Å². The van der Waals surface area contributed by atoms with Crippen LogP contribution in [0.2, 0.25) is 0 Å². The first kappa shape index (κ1) is 12.8. The van der Waals surface area contributed by atoms with Crippen molar-refractivity contribution in [1.82, 2.24) is 4.90 Å². The number of alkyl halides is 2. The van der Waals surface area contributed by atoms with E-state index in [1.807, 2.05) is 0 Å². The summed E-state index contributed by atoms with van der Waals surface area (Å²) in [5, 5.41) is 0. The zero-order valence-corrected chi connectivity index (χ0v) is 9.64. The monoisotopic (exact) mass is 257 g/mol. The molecule has 6 heteroatoms. The Bertz CT molecular complexity index is 405. The smallest absolute Gasteiger partial charge is 0.425 e. The molecule has 2 rings (SSSR count). The van der Waals surface area contributed by atoms with Gasteiger partial charge in [-0.1, -0.05) is 18.2 Å². The molecule has 1 aromatic rings. The van der Waals surface area contributed by atoms with Gasteiger partial charge in [-0.25, -0.2) is 0 Å². The molecule has 1 aromatic carbocycles. The first-order valence-corrected chi connectivity index (χ1v) is 5.58. The lowest BCUT2D eigenvalue weighted by molar-refractivity contribution is -0.206. The molecule has 0 N–H and O–H groups in total. The largest absolute Gasteiger partial charge is 0.482 e. The summed E-state index contributed by atoms with van der Waals surface area (Å²) in [6.07, 6.45) is -3.85. The van der Waals surface area contributed by atoms with Gasteiger partial charge < -0.3 is 14.4 Å². The first-order chi connectivity index (χ1) is 8.59. The number of carbonyl (C=O) groups is 1. The highest BCUT2D eigenvalue weighted by Crippen LogP contribution is 2.23. The van der Waals surface area contributed by atoms with E-state index in [0.29, 0.717) is 0 Å². The van der Waals surface area contributed by atoms with Gasteiger partial charge in [0.05, 0.1) is 13.2 Å². The van der Waals surface area contributed by atoms with Crippen LogP contribution in [-0.4, -0.2) is 43.2 Å². The van der Waals surface area contributed by atoms with Crippen molar-refractivity contribution in [2.75, 3.05) is 26.3 Å². The summed E-state index contributed by atoms with van der Waals surface area (Å²) in [5.74, 6) is -1.36. The van der Waals surface area contributed by atoms with E-state index in [9.17, 15) is 13.6 Å². The minimum Gasteiger partial charge on any atom is -0.425 e. The molecule has 0 saturated carbocycles. The van der Waals surface area contributed by atoms with Gasteiger partial charge in [0.15, 0.2) is 0 Å². The van der Waals surface area contributed by atoms with Crippen LogP contribution in [0.3, 0.4) is 0 Å². The van der Waals surface area contributed by atoms with Crippen molar-refractivity contribution >= 4 is 5.91 Å². The Labute approximate surface area is 103 Å². The molecule has 0 aromatic heterocycles. The second-order valence-corrected chi connectivity index (χ2v) is 3.84. The maximum Gasteiger partial charge on any atom is 0.482 e. The van der Waals surface area contributed by atoms with Crippen LogP contribution in [-0.2, 0) is 9.53 Å². The van der Waals surface area contributed by atoms with E-state index >= 15 is 0 Å². The highest BCUT2D eigenvalue weighted by atomic mass is 19.3. The van der Waals surface area contributed by atoms with Crippen molar-refractivity contribution in [3.8, 4) is 5.75 Å². The molecule has 0 unspecified atom stereocenters. The lowest BCUT2D eigenvalue weighted by Crippen LogP contribution is -2.51. The zero-order chi connectivity index (χ0) is 13.0. The third kappa shape index (κ3) is 2.95. The molecule has 1 heterocycles. The van der Waals surface area contributed by atoms with E-state index in [1.165, 1.54) is 12.1 Å². The molecule has 0 radical (unpaired) electrons. The molecular formula is C12H13F2NO3. The molecule has 98 valence electrons. The maximum atomic E-state index is 13.6. The number of amides is 1. The fourth-order valence-electron chi connectivity index (χ4n) is 1.63. The summed E-state index contributed by atoms with van der Waals surface area (Å²) in [6.45, 7) is 0.861. The molecule has 0 atom stereocenters. The summed E-state index contributed by atoms with van der Waals surface area (Å²) in [6, 6.07) is 7.55. The van der Waals surface area contributed by atoms with Crippen LogP contribution >= 0.6 is 0 Å². The van der Waals surface area contributed by atoms with Crippen LogP contribution < -0.4 is 4.74 Å². The predicted octanol–water partition coefficient (Wildman–Crippen LogP) is 1.52. The van der Waals surface area contributed by atoms with Crippen molar-refractivity contribution in [3.63, 3.8) is 0 Å². The Hall–Kier alpha value is -1.69. The number of hydrogen-bond donors (Lipinski definition) is 0. The van der Waals surface area contributed by atoms with E-state index in [1.54, 1.807) is 18.2 Å². The van der Waals surface area contributed by atoms with E-state index < -0.39 is 12.0 Å². The highest BCUT2D eigenvalue weighted by Gasteiger charge is 2.45. The number of morpholine rings is 1. The quantitative estimate of drug-likeness (QED) is 0.824. The van der Waals surface area contributed by atoms with Crippen LogP contribution in [0.25, 0.3) is 0 Å². The first-order valence-electron chi connectivity index (χ1n) is 5.58. The van der Waals surface area contributed by atoms with Crippen LogP contribution in [0, 0.1) is 0 Å². The Morgan fingerprint density at radius 3 is 2.44 bits per heavy atom. The molecule has 0 aliphatic carbocycles. The second-order valence-electron chi connectivity index (χ2n) is 3.84. The molecule has 1 aliphatic heterocycles. The van der Waals surface area contributed by atoms with Gasteiger partial charge in [0.25, 0.3) is 0 Å². The molecule has 1 amide bonds. The van der Waals surface area contributed by atoms with Gasteiger partial charge in [-0.15, -0.1) is 0 Å². The average Bonchev–Trinajstić information content (AvgIpc) is 2.39. The van der Waals surface area contributed by atoms with Gasteiger partial charge >= 0.3 is 12.0 Å². The van der Waals surface area contributed by atoms with Gasteiger partial charge in [0.1, 0.15) is 5.75 Å². The van der Waals surface area contributed by atoms with Gasteiger partial charge in [0, 0.05) is 13.1 Å². The van der Waals surface area contributed by atoms with Crippen LogP contribution in [0.1, 0.15) is 0 Å². The lowest BCUT2D eigenvalue weighted by atomic mass is 10.3. The number of rotatable bonds is 3. The third-order valence-corrected chi connectivity index (χ3v) is 2.54. The lowest BCUT2D eigenvalue weighted by Gasteiger charge is -2.29. The van der Waals surface area contributed by atoms with Gasteiger partial charge in [-0.05, 0) is 12.1 Å². The Balaban J connectivity index is 2.03. The van der Waals surface area contributed by atoms with E-state index in [-0.39, 0.29) is 32.1 Å². The van der Waals surface area contributed by atoms with Gasteiger partial charge in [0.2, 0.25) is 0 Å². The number of para-hydroxylation sites is 1. The third-order valence-electron chi connectivity index (χ3n) is 2.54. The van der Waals surface area contributed by atoms with Crippen molar-refractivity contribution < 1.29 is 23.0 Å². The Kier molecular flexibility index (Phi) is 3.76. The van der Waals surface area contributed by atoms with E-state index in [4.69, 9.17) is 4.74 Å². The Morgan fingerprint density at radius 2 is 1.83 bits per heavy atom. The summed E-state index contributed by atoms with van der Waals surface area (Å²) in [7, 11) is 0. The van der Waals surface area contributed by atoms with Crippen molar-refractivity contribution in [3.05, 3.63) is 30.3 Å². The van der Waals surface area contributed by atoms with Crippen molar-refractivity contribution in [1.29, 1.82) is 0 Å². The highest BCUT2D eigenvalue weighted by molar-refractivity contribution is 5.82. The average molecular weight is 257 g/mol. The zero-order valence-electron chi connectivity index (χ0n) is 9.64. The molecule has 1 fully saturated rings. The summed E-state index contributed by atoms with van der Waals surface area (Å²) in [4.78, 5) is 12.7. The minimum absolute atomic E-state index is 0.0379. The second kappa shape index (κ2) is 5.30. The van der Waals surface area contributed by atoms with Crippen LogP contribution in [0.15, 0.2) is 30.3 Å². The molecule has 0 spiro atoms. The van der Waals surface area contributed by atoms with Crippen LogP contribution in [0.5, 0.6) is 5.75 Å². The van der Waals surface area contributed by atoms with Gasteiger partial charge in [-0.2, -0.15) is 8.78 Å². The molecule has 4 nitrogen and oxygen atoms in total. The van der Waals surface area contributed by atoms with Crippen molar-refractivity contribution in [2.24, 2.45) is 0 Å². The summed E-state index contributed by atoms with van der Waals surface area (Å²) in [5.41, 5.74) is 0. The topological polar surface area (TPSA) is 38.8 Å². The molecule has 1 saturated heterocycles.